The molecule has 25 heavy (non-hydrogen) atoms. The Morgan fingerprint density at radius 3 is 1.96 bits per heavy atom. The lowest BCUT2D eigenvalue weighted by Gasteiger charge is -2.19. The summed E-state index contributed by atoms with van der Waals surface area (Å²) >= 11 is 0. The summed E-state index contributed by atoms with van der Waals surface area (Å²) in [6.07, 6.45) is 1.00. The minimum absolute atomic E-state index is 0.212. The van der Waals surface area contributed by atoms with Gasteiger partial charge in [0.15, 0.2) is 0 Å². The second kappa shape index (κ2) is 9.66. The molecule has 0 spiro atoms. The number of alkyl carbamates (subject to hydrolysis) is 1. The number of benzene rings is 1. The van der Waals surface area contributed by atoms with Gasteiger partial charge in [-0.1, -0.05) is 0 Å². The van der Waals surface area contributed by atoms with Crippen molar-refractivity contribution in [2.45, 2.75) is 39.2 Å². The summed E-state index contributed by atoms with van der Waals surface area (Å²) in [7, 11) is 1.31. The molecule has 0 bridgehead atoms. The SMILES string of the molecule is COC(=O)c1ccc(C(=O)NCCCCNC(=O)OC(C)(C)C)cc1. The van der Waals surface area contributed by atoms with Gasteiger partial charge in [0.25, 0.3) is 5.91 Å². The predicted octanol–water partition coefficient (Wildman–Crippen LogP) is 2.51. The fourth-order valence-corrected chi connectivity index (χ4v) is 1.93. The Labute approximate surface area is 148 Å². The molecule has 0 atom stereocenters. The molecule has 0 aliphatic heterocycles. The Hall–Kier alpha value is -2.57. The van der Waals surface area contributed by atoms with E-state index in [4.69, 9.17) is 4.74 Å². The number of unbranched alkanes of at least 4 members (excludes halogenated alkanes) is 1. The van der Waals surface area contributed by atoms with Crippen LogP contribution in [0.4, 0.5) is 4.79 Å². The molecule has 0 saturated carbocycles. The van der Waals surface area contributed by atoms with E-state index < -0.39 is 17.7 Å². The Balaban J connectivity index is 2.22. The van der Waals surface area contributed by atoms with Crippen LogP contribution in [0.5, 0.6) is 0 Å². The van der Waals surface area contributed by atoms with Crippen molar-refractivity contribution < 1.29 is 23.9 Å². The number of carbonyl (C=O) groups excluding carboxylic acids is 3. The number of nitrogens with one attached hydrogen (secondary N) is 2. The first-order valence-electron chi connectivity index (χ1n) is 8.16. The molecule has 0 aliphatic carbocycles. The molecule has 138 valence electrons. The molecule has 0 saturated heterocycles. The lowest BCUT2D eigenvalue weighted by atomic mass is 10.1. The van der Waals surface area contributed by atoms with E-state index in [1.165, 1.54) is 7.11 Å². The van der Waals surface area contributed by atoms with Gasteiger partial charge < -0.3 is 20.1 Å². The molecule has 1 aromatic carbocycles. The second-order valence-electron chi connectivity index (χ2n) is 6.46. The fourth-order valence-electron chi connectivity index (χ4n) is 1.93. The molecule has 0 fully saturated rings. The zero-order chi connectivity index (χ0) is 18.9. The Kier molecular flexibility index (Phi) is 7.91. The number of esters is 1. The molecule has 1 rings (SSSR count). The van der Waals surface area contributed by atoms with E-state index in [1.54, 1.807) is 45.0 Å². The van der Waals surface area contributed by atoms with Crippen molar-refractivity contribution in [3.05, 3.63) is 35.4 Å². The van der Waals surface area contributed by atoms with Crippen molar-refractivity contribution in [1.82, 2.24) is 10.6 Å². The van der Waals surface area contributed by atoms with Gasteiger partial charge in [-0.3, -0.25) is 4.79 Å². The van der Waals surface area contributed by atoms with Gasteiger partial charge in [-0.15, -0.1) is 0 Å². The third kappa shape index (κ3) is 8.19. The molecule has 0 aromatic heterocycles. The minimum atomic E-state index is -0.512. The lowest BCUT2D eigenvalue weighted by Crippen LogP contribution is -2.33. The molecule has 2 N–H and O–H groups in total. The minimum Gasteiger partial charge on any atom is -0.465 e. The lowest BCUT2D eigenvalue weighted by molar-refractivity contribution is 0.0525. The van der Waals surface area contributed by atoms with Crippen molar-refractivity contribution in [3.63, 3.8) is 0 Å². The molecule has 0 unspecified atom stereocenters. The van der Waals surface area contributed by atoms with Crippen molar-refractivity contribution in [3.8, 4) is 0 Å². The van der Waals surface area contributed by atoms with Crippen molar-refractivity contribution in [2.24, 2.45) is 0 Å². The average molecular weight is 350 g/mol. The highest BCUT2D eigenvalue weighted by molar-refractivity contribution is 5.96. The molecule has 1 aromatic rings. The zero-order valence-corrected chi connectivity index (χ0v) is 15.2. The summed E-state index contributed by atoms with van der Waals surface area (Å²) in [5.74, 6) is -0.652. The Bertz CT molecular complexity index is 590. The van der Waals surface area contributed by atoms with Crippen LogP contribution in [0.15, 0.2) is 24.3 Å². The largest absolute Gasteiger partial charge is 0.465 e. The van der Waals surface area contributed by atoms with Crippen LogP contribution in [0.25, 0.3) is 0 Å². The smallest absolute Gasteiger partial charge is 0.407 e. The first kappa shape index (κ1) is 20.5. The normalized spacial score (nSPS) is 10.7. The maximum Gasteiger partial charge on any atom is 0.407 e. The standard InChI is InChI=1S/C18H26N2O5/c1-18(2,3)25-17(23)20-12-6-5-11-19-15(21)13-7-9-14(10-8-13)16(22)24-4/h7-10H,5-6,11-12H2,1-4H3,(H,19,21)(H,20,23). The second-order valence-corrected chi connectivity index (χ2v) is 6.46. The third-order valence-corrected chi connectivity index (χ3v) is 3.13. The Morgan fingerprint density at radius 2 is 1.44 bits per heavy atom. The number of hydrogen-bond donors (Lipinski definition) is 2. The summed E-state index contributed by atoms with van der Waals surface area (Å²) in [6, 6.07) is 6.24. The van der Waals surface area contributed by atoms with Crippen molar-refractivity contribution in [2.75, 3.05) is 20.2 Å². The van der Waals surface area contributed by atoms with Gasteiger partial charge in [-0.25, -0.2) is 9.59 Å². The number of carbonyl (C=O) groups is 3. The van der Waals surface area contributed by atoms with Gasteiger partial charge >= 0.3 is 12.1 Å². The van der Waals surface area contributed by atoms with E-state index in [9.17, 15) is 14.4 Å². The number of amides is 2. The molecule has 0 aliphatic rings. The average Bonchev–Trinajstić information content (AvgIpc) is 2.55. The van der Waals surface area contributed by atoms with Crippen LogP contribution >= 0.6 is 0 Å². The number of hydrogen-bond acceptors (Lipinski definition) is 5. The summed E-state index contributed by atoms with van der Waals surface area (Å²) in [4.78, 5) is 34.8. The van der Waals surface area contributed by atoms with E-state index in [2.05, 4.69) is 15.4 Å². The highest BCUT2D eigenvalue weighted by atomic mass is 16.6. The molecule has 7 nitrogen and oxygen atoms in total. The van der Waals surface area contributed by atoms with Crippen molar-refractivity contribution >= 4 is 18.0 Å². The van der Waals surface area contributed by atoms with E-state index in [0.717, 1.165) is 12.8 Å². The van der Waals surface area contributed by atoms with Gasteiger partial charge in [0.2, 0.25) is 0 Å². The highest BCUT2D eigenvalue weighted by Crippen LogP contribution is 2.07. The first-order chi connectivity index (χ1) is 11.7. The predicted molar refractivity (Wildman–Crippen MR) is 93.6 cm³/mol. The van der Waals surface area contributed by atoms with Crippen LogP contribution in [0.1, 0.15) is 54.3 Å². The number of rotatable bonds is 7. The van der Waals surface area contributed by atoms with Crippen LogP contribution in [-0.2, 0) is 9.47 Å². The van der Waals surface area contributed by atoms with Gasteiger partial charge in [0.05, 0.1) is 12.7 Å². The van der Waals surface area contributed by atoms with Gasteiger partial charge in [-0.2, -0.15) is 0 Å². The highest BCUT2D eigenvalue weighted by Gasteiger charge is 2.15. The van der Waals surface area contributed by atoms with Crippen LogP contribution in [0, 0.1) is 0 Å². The van der Waals surface area contributed by atoms with E-state index in [1.807, 2.05) is 0 Å². The van der Waals surface area contributed by atoms with Crippen LogP contribution in [0.3, 0.4) is 0 Å². The van der Waals surface area contributed by atoms with Crippen molar-refractivity contribution in [1.29, 1.82) is 0 Å². The van der Waals surface area contributed by atoms with Crippen LogP contribution in [0.2, 0.25) is 0 Å². The maximum atomic E-state index is 12.0. The van der Waals surface area contributed by atoms with E-state index in [-0.39, 0.29) is 5.91 Å². The van der Waals surface area contributed by atoms with Gasteiger partial charge in [-0.05, 0) is 57.9 Å². The van der Waals surface area contributed by atoms with Gasteiger partial charge in [0.1, 0.15) is 5.60 Å². The van der Waals surface area contributed by atoms with Gasteiger partial charge in [0, 0.05) is 18.7 Å². The quantitative estimate of drug-likeness (QED) is 0.582. The molecular formula is C18H26N2O5. The summed E-state index contributed by atoms with van der Waals surface area (Å²) in [5, 5.41) is 5.45. The summed E-state index contributed by atoms with van der Waals surface area (Å²) in [6.45, 7) is 6.39. The third-order valence-electron chi connectivity index (χ3n) is 3.13. The maximum absolute atomic E-state index is 12.0. The zero-order valence-electron chi connectivity index (χ0n) is 15.2. The molecule has 7 heteroatoms. The fraction of sp³-hybridized carbons (Fsp3) is 0.500. The monoisotopic (exact) mass is 350 g/mol. The topological polar surface area (TPSA) is 93.7 Å². The van der Waals surface area contributed by atoms with E-state index >= 15 is 0 Å². The Morgan fingerprint density at radius 1 is 0.920 bits per heavy atom. The first-order valence-corrected chi connectivity index (χ1v) is 8.16. The summed E-state index contributed by atoms with van der Waals surface area (Å²) < 4.78 is 9.73. The van der Waals surface area contributed by atoms with Crippen LogP contribution < -0.4 is 10.6 Å². The van der Waals surface area contributed by atoms with E-state index in [0.29, 0.717) is 24.2 Å². The number of ether oxygens (including phenoxy) is 2. The molecule has 2 amide bonds. The number of methoxy groups -OCH3 is 1. The molecule has 0 radical (unpaired) electrons. The summed E-state index contributed by atoms with van der Waals surface area (Å²) in [5.41, 5.74) is 0.355. The molecular weight excluding hydrogens is 324 g/mol. The molecule has 0 heterocycles. The van der Waals surface area contributed by atoms with Crippen LogP contribution in [-0.4, -0.2) is 43.8 Å².